The first kappa shape index (κ1) is 10.1. The smallest absolute Gasteiger partial charge is 0.0101 e. The molecule has 1 aliphatic heterocycles. The molecule has 0 spiro atoms. The molecule has 0 aliphatic carbocycles. The minimum Gasteiger partial charge on any atom is -0.316 e. The molecule has 1 nitrogen and oxygen atoms in total. The van der Waals surface area contributed by atoms with Crippen LogP contribution in [0.15, 0.2) is 29.2 Å². The maximum absolute atomic E-state index is 3.42. The van der Waals surface area contributed by atoms with Gasteiger partial charge in [-0.25, -0.2) is 0 Å². The molecule has 0 amide bonds. The average molecular weight is 207 g/mol. The minimum absolute atomic E-state index is 0.850. The van der Waals surface area contributed by atoms with Crippen molar-refractivity contribution in [1.82, 2.24) is 5.32 Å². The van der Waals surface area contributed by atoms with Crippen LogP contribution >= 0.6 is 11.8 Å². The molecule has 0 bridgehead atoms. The Labute approximate surface area is 90.3 Å². The number of benzene rings is 1. The lowest BCUT2D eigenvalue weighted by atomic mass is 9.99. The van der Waals surface area contributed by atoms with Gasteiger partial charge < -0.3 is 5.32 Å². The fourth-order valence-electron chi connectivity index (χ4n) is 2.07. The van der Waals surface area contributed by atoms with E-state index in [1.165, 1.54) is 36.4 Å². The van der Waals surface area contributed by atoms with Gasteiger partial charge in [0.05, 0.1) is 0 Å². The van der Waals surface area contributed by atoms with Gasteiger partial charge in [-0.15, -0.1) is 11.8 Å². The molecule has 1 atom stereocenters. The van der Waals surface area contributed by atoms with Gasteiger partial charge in [0, 0.05) is 4.90 Å². The van der Waals surface area contributed by atoms with Gasteiger partial charge in [0.2, 0.25) is 0 Å². The first-order valence-corrected chi connectivity index (χ1v) is 6.45. The van der Waals surface area contributed by atoms with E-state index in [2.05, 4.69) is 35.8 Å². The summed E-state index contributed by atoms with van der Waals surface area (Å²) in [7, 11) is 0. The number of hydrogen-bond acceptors (Lipinski definition) is 2. The highest BCUT2D eigenvalue weighted by Gasteiger charge is 2.15. The molecule has 2 rings (SSSR count). The summed E-state index contributed by atoms with van der Waals surface area (Å²) in [4.78, 5) is 1.44. The second-order valence-corrected chi connectivity index (χ2v) is 4.72. The van der Waals surface area contributed by atoms with Crippen LogP contribution in [0.4, 0.5) is 0 Å². The van der Waals surface area contributed by atoms with Gasteiger partial charge in [-0.2, -0.15) is 0 Å². The third-order valence-corrected chi connectivity index (χ3v) is 3.70. The first-order valence-electron chi connectivity index (χ1n) is 5.23. The molecule has 1 unspecified atom stereocenters. The van der Waals surface area contributed by atoms with Gasteiger partial charge in [0.15, 0.2) is 0 Å². The van der Waals surface area contributed by atoms with Crippen LogP contribution in [0.1, 0.15) is 12.0 Å². The van der Waals surface area contributed by atoms with Crippen molar-refractivity contribution in [2.75, 3.05) is 19.3 Å². The highest BCUT2D eigenvalue weighted by atomic mass is 32.2. The number of hydrogen-bond donors (Lipinski definition) is 1. The van der Waals surface area contributed by atoms with Crippen molar-refractivity contribution < 1.29 is 0 Å². The van der Waals surface area contributed by atoms with Gasteiger partial charge in [-0.3, -0.25) is 0 Å². The molecule has 1 N–H and O–H groups in total. The van der Waals surface area contributed by atoms with E-state index in [4.69, 9.17) is 0 Å². The molecule has 1 fully saturated rings. The lowest BCUT2D eigenvalue weighted by Crippen LogP contribution is -2.11. The van der Waals surface area contributed by atoms with Crippen molar-refractivity contribution in [3.63, 3.8) is 0 Å². The van der Waals surface area contributed by atoms with Crippen molar-refractivity contribution in [3.8, 4) is 0 Å². The summed E-state index contributed by atoms with van der Waals surface area (Å²) in [6, 6.07) is 8.77. The molecule has 0 radical (unpaired) electrons. The maximum Gasteiger partial charge on any atom is 0.0101 e. The van der Waals surface area contributed by atoms with Crippen LogP contribution in [0.25, 0.3) is 0 Å². The molecule has 14 heavy (non-hydrogen) atoms. The van der Waals surface area contributed by atoms with Crippen LogP contribution in [0.3, 0.4) is 0 Å². The van der Waals surface area contributed by atoms with Crippen LogP contribution in [-0.2, 0) is 6.42 Å². The Morgan fingerprint density at radius 1 is 1.43 bits per heavy atom. The summed E-state index contributed by atoms with van der Waals surface area (Å²) in [6.07, 6.45) is 4.73. The Morgan fingerprint density at radius 3 is 3.00 bits per heavy atom. The molecule has 1 aromatic rings. The Kier molecular flexibility index (Phi) is 3.49. The van der Waals surface area contributed by atoms with Gasteiger partial charge in [-0.05, 0) is 49.7 Å². The summed E-state index contributed by atoms with van der Waals surface area (Å²) >= 11 is 1.86. The van der Waals surface area contributed by atoms with Crippen molar-refractivity contribution >= 4 is 11.8 Å². The van der Waals surface area contributed by atoms with E-state index >= 15 is 0 Å². The Bertz CT molecular complexity index is 292. The SMILES string of the molecule is CSc1ccccc1CC1CCNC1. The highest BCUT2D eigenvalue weighted by molar-refractivity contribution is 7.98. The fraction of sp³-hybridized carbons (Fsp3) is 0.500. The third kappa shape index (κ3) is 2.31. The normalized spacial score (nSPS) is 21.4. The Hall–Kier alpha value is -0.470. The molecular weight excluding hydrogens is 190 g/mol. The summed E-state index contributed by atoms with van der Waals surface area (Å²) in [5, 5.41) is 3.42. The molecule has 0 aromatic heterocycles. The number of rotatable bonds is 3. The van der Waals surface area contributed by atoms with E-state index in [0.29, 0.717) is 0 Å². The maximum atomic E-state index is 3.42. The summed E-state index contributed by atoms with van der Waals surface area (Å²) in [5.41, 5.74) is 1.52. The van der Waals surface area contributed by atoms with Gasteiger partial charge in [0.25, 0.3) is 0 Å². The van der Waals surface area contributed by atoms with Crippen LogP contribution in [0.2, 0.25) is 0 Å². The standard InChI is InChI=1S/C12H17NS/c1-14-12-5-3-2-4-11(12)8-10-6-7-13-9-10/h2-5,10,13H,6-9H2,1H3. The predicted octanol–water partition coefficient (Wildman–Crippen LogP) is 2.56. The predicted molar refractivity (Wildman–Crippen MR) is 62.9 cm³/mol. The molecule has 1 aromatic carbocycles. The van der Waals surface area contributed by atoms with Crippen LogP contribution in [0, 0.1) is 5.92 Å². The molecule has 1 aliphatic rings. The van der Waals surface area contributed by atoms with Crippen molar-refractivity contribution in [2.45, 2.75) is 17.7 Å². The first-order chi connectivity index (χ1) is 6.90. The zero-order chi connectivity index (χ0) is 9.80. The van der Waals surface area contributed by atoms with Crippen molar-refractivity contribution in [1.29, 1.82) is 0 Å². The highest BCUT2D eigenvalue weighted by Crippen LogP contribution is 2.24. The lowest BCUT2D eigenvalue weighted by Gasteiger charge is -2.11. The second-order valence-electron chi connectivity index (χ2n) is 3.87. The van der Waals surface area contributed by atoms with E-state index in [1.807, 2.05) is 11.8 Å². The lowest BCUT2D eigenvalue weighted by molar-refractivity contribution is 0.575. The van der Waals surface area contributed by atoms with E-state index in [0.717, 1.165) is 5.92 Å². The molecular formula is C12H17NS. The van der Waals surface area contributed by atoms with Crippen LogP contribution in [0.5, 0.6) is 0 Å². The Morgan fingerprint density at radius 2 is 2.29 bits per heavy atom. The van der Waals surface area contributed by atoms with E-state index in [9.17, 15) is 0 Å². The minimum atomic E-state index is 0.850. The number of nitrogens with one attached hydrogen (secondary N) is 1. The van der Waals surface area contributed by atoms with Gasteiger partial charge in [-0.1, -0.05) is 18.2 Å². The third-order valence-electron chi connectivity index (χ3n) is 2.86. The molecule has 1 heterocycles. The van der Waals surface area contributed by atoms with E-state index < -0.39 is 0 Å². The fourth-order valence-corrected chi connectivity index (χ4v) is 2.70. The van der Waals surface area contributed by atoms with E-state index in [-0.39, 0.29) is 0 Å². The largest absolute Gasteiger partial charge is 0.316 e. The summed E-state index contributed by atoms with van der Waals surface area (Å²) in [6.45, 7) is 2.40. The van der Waals surface area contributed by atoms with Crippen molar-refractivity contribution in [2.24, 2.45) is 5.92 Å². The van der Waals surface area contributed by atoms with Crippen LogP contribution in [-0.4, -0.2) is 19.3 Å². The van der Waals surface area contributed by atoms with E-state index in [1.54, 1.807) is 0 Å². The van der Waals surface area contributed by atoms with Crippen LogP contribution < -0.4 is 5.32 Å². The summed E-state index contributed by atoms with van der Waals surface area (Å²) < 4.78 is 0. The molecule has 76 valence electrons. The molecule has 1 saturated heterocycles. The van der Waals surface area contributed by atoms with Gasteiger partial charge in [0.1, 0.15) is 0 Å². The quantitative estimate of drug-likeness (QED) is 0.765. The van der Waals surface area contributed by atoms with Crippen molar-refractivity contribution in [3.05, 3.63) is 29.8 Å². The monoisotopic (exact) mass is 207 g/mol. The van der Waals surface area contributed by atoms with Gasteiger partial charge >= 0.3 is 0 Å². The topological polar surface area (TPSA) is 12.0 Å². The Balaban J connectivity index is 2.07. The zero-order valence-electron chi connectivity index (χ0n) is 8.62. The second kappa shape index (κ2) is 4.85. The zero-order valence-corrected chi connectivity index (χ0v) is 9.44. The molecule has 2 heteroatoms. The average Bonchev–Trinajstić information content (AvgIpc) is 2.71. The number of thioether (sulfide) groups is 1. The molecule has 0 saturated carbocycles. The summed E-state index contributed by atoms with van der Waals surface area (Å²) in [5.74, 6) is 0.850.